The van der Waals surface area contributed by atoms with Crippen molar-refractivity contribution in [2.75, 3.05) is 18.0 Å². The lowest BCUT2D eigenvalue weighted by Gasteiger charge is -2.28. The second-order valence-electron chi connectivity index (χ2n) is 8.89. The van der Waals surface area contributed by atoms with Gasteiger partial charge in [-0.3, -0.25) is 29.4 Å². The monoisotopic (exact) mass is 493 g/mol. The van der Waals surface area contributed by atoms with Crippen molar-refractivity contribution in [1.29, 1.82) is 0 Å². The first-order valence-corrected chi connectivity index (χ1v) is 11.9. The summed E-state index contributed by atoms with van der Waals surface area (Å²) in [6.45, 7) is 2.16. The topological polar surface area (TPSA) is 101 Å². The van der Waals surface area contributed by atoms with E-state index in [1.54, 1.807) is 42.5 Å². The van der Waals surface area contributed by atoms with Crippen LogP contribution in [0.3, 0.4) is 0 Å². The molecular weight excluding hydrogens is 470 g/mol. The second kappa shape index (κ2) is 9.66. The highest BCUT2D eigenvalue weighted by molar-refractivity contribution is 6.25. The molecule has 37 heavy (non-hydrogen) atoms. The van der Waals surface area contributed by atoms with Gasteiger partial charge in [-0.1, -0.05) is 54.1 Å². The molecule has 0 bridgehead atoms. The molecule has 184 valence electrons. The van der Waals surface area contributed by atoms with E-state index in [9.17, 15) is 24.5 Å². The maximum absolute atomic E-state index is 13.5. The van der Waals surface area contributed by atoms with Crippen LogP contribution < -0.4 is 4.90 Å². The summed E-state index contributed by atoms with van der Waals surface area (Å²) in [6, 6.07) is 23.8. The zero-order valence-electron chi connectivity index (χ0n) is 20.1. The fourth-order valence-electron chi connectivity index (χ4n) is 4.70. The summed E-state index contributed by atoms with van der Waals surface area (Å²) < 4.78 is 0. The largest absolute Gasteiger partial charge is 0.308 e. The Morgan fingerprint density at radius 3 is 2.11 bits per heavy atom. The van der Waals surface area contributed by atoms with Crippen molar-refractivity contribution in [3.63, 3.8) is 0 Å². The van der Waals surface area contributed by atoms with Gasteiger partial charge in [0.2, 0.25) is 0 Å². The van der Waals surface area contributed by atoms with Crippen LogP contribution >= 0.6 is 0 Å². The SMILES string of the molecule is Cc1ccc(N(CCCN2C(=O)c3cccc4cccc(c34)C2=O)C(=O)c2ccccc2[N+](=O)[O-])cc1. The van der Waals surface area contributed by atoms with Crippen molar-refractivity contribution in [3.05, 3.63) is 117 Å². The third kappa shape index (κ3) is 4.33. The van der Waals surface area contributed by atoms with Gasteiger partial charge in [-0.15, -0.1) is 0 Å². The predicted molar refractivity (Wildman–Crippen MR) is 140 cm³/mol. The molecule has 0 saturated carbocycles. The lowest BCUT2D eigenvalue weighted by Crippen LogP contribution is -2.42. The number of nitrogens with zero attached hydrogens (tertiary/aromatic N) is 3. The van der Waals surface area contributed by atoms with Gasteiger partial charge < -0.3 is 4.90 Å². The number of para-hydroxylation sites is 1. The summed E-state index contributed by atoms with van der Waals surface area (Å²) in [5.74, 6) is -1.27. The van der Waals surface area contributed by atoms with Crippen LogP contribution in [0.25, 0.3) is 10.8 Å². The van der Waals surface area contributed by atoms with Gasteiger partial charge in [-0.05, 0) is 49.1 Å². The normalized spacial score (nSPS) is 12.6. The minimum atomic E-state index is -0.580. The van der Waals surface area contributed by atoms with E-state index in [0.29, 0.717) is 22.2 Å². The Labute approximate surface area is 212 Å². The number of rotatable bonds is 7. The summed E-state index contributed by atoms with van der Waals surface area (Å²) in [5.41, 5.74) is 2.20. The zero-order chi connectivity index (χ0) is 26.1. The van der Waals surface area contributed by atoms with Gasteiger partial charge in [0.25, 0.3) is 23.4 Å². The summed E-state index contributed by atoms with van der Waals surface area (Å²) in [4.78, 5) is 53.6. The lowest BCUT2D eigenvalue weighted by atomic mass is 9.94. The van der Waals surface area contributed by atoms with Crippen molar-refractivity contribution in [3.8, 4) is 0 Å². The molecule has 1 heterocycles. The molecule has 4 aromatic carbocycles. The van der Waals surface area contributed by atoms with Crippen LogP contribution in [-0.2, 0) is 0 Å². The number of nitro groups is 1. The number of aryl methyl sites for hydroxylation is 1. The molecule has 3 amide bonds. The van der Waals surface area contributed by atoms with Gasteiger partial charge in [-0.2, -0.15) is 0 Å². The van der Waals surface area contributed by atoms with E-state index >= 15 is 0 Å². The number of hydrogen-bond acceptors (Lipinski definition) is 5. The number of imide groups is 1. The minimum absolute atomic E-state index is 0.0289. The Hall–Kier alpha value is -4.85. The number of benzene rings is 4. The predicted octanol–water partition coefficient (Wildman–Crippen LogP) is 5.39. The third-order valence-electron chi connectivity index (χ3n) is 6.54. The number of amides is 3. The average Bonchev–Trinajstić information content (AvgIpc) is 2.91. The molecule has 0 aromatic heterocycles. The van der Waals surface area contributed by atoms with E-state index in [1.165, 1.54) is 28.0 Å². The van der Waals surface area contributed by atoms with Crippen molar-refractivity contribution < 1.29 is 19.3 Å². The lowest BCUT2D eigenvalue weighted by molar-refractivity contribution is -0.385. The molecule has 0 radical (unpaired) electrons. The Bertz CT molecular complexity index is 1510. The van der Waals surface area contributed by atoms with Gasteiger partial charge in [0.05, 0.1) is 4.92 Å². The maximum atomic E-state index is 13.5. The van der Waals surface area contributed by atoms with E-state index in [2.05, 4.69) is 0 Å². The molecule has 0 atom stereocenters. The molecule has 5 rings (SSSR count). The number of carbonyl (C=O) groups is 3. The van der Waals surface area contributed by atoms with Crippen LogP contribution in [0.15, 0.2) is 84.9 Å². The zero-order valence-corrected chi connectivity index (χ0v) is 20.1. The van der Waals surface area contributed by atoms with E-state index < -0.39 is 10.8 Å². The smallest absolute Gasteiger partial charge is 0.282 e. The Kier molecular flexibility index (Phi) is 6.23. The number of nitro benzene ring substituents is 1. The Morgan fingerprint density at radius 1 is 0.865 bits per heavy atom. The number of carbonyl (C=O) groups excluding carboxylic acids is 3. The molecule has 8 heteroatoms. The molecule has 0 spiro atoms. The van der Waals surface area contributed by atoms with E-state index in [1.807, 2.05) is 31.2 Å². The first kappa shape index (κ1) is 23.9. The van der Waals surface area contributed by atoms with Crippen molar-refractivity contribution in [2.45, 2.75) is 13.3 Å². The molecule has 0 saturated heterocycles. The van der Waals surface area contributed by atoms with Crippen LogP contribution in [0.2, 0.25) is 0 Å². The summed E-state index contributed by atoms with van der Waals surface area (Å²) in [6.07, 6.45) is 0.288. The van der Waals surface area contributed by atoms with Gasteiger partial charge in [0.1, 0.15) is 5.56 Å². The first-order valence-electron chi connectivity index (χ1n) is 11.9. The molecule has 0 fully saturated rings. The molecule has 8 nitrogen and oxygen atoms in total. The van der Waals surface area contributed by atoms with Crippen LogP contribution in [0.1, 0.15) is 43.1 Å². The standard InChI is InChI=1S/C29H23N3O5/c1-19-13-15-21(16-14-19)30(27(33)22-9-2-3-12-25(22)32(36)37)17-6-18-31-28(34)23-10-4-7-20-8-5-11-24(26(20)23)29(31)35/h2-5,7-16H,6,17-18H2,1H3. The highest BCUT2D eigenvalue weighted by Gasteiger charge is 2.33. The Morgan fingerprint density at radius 2 is 1.49 bits per heavy atom. The van der Waals surface area contributed by atoms with Crippen LogP contribution in [0, 0.1) is 17.0 Å². The molecule has 1 aliphatic rings. The molecule has 1 aliphatic heterocycles. The van der Waals surface area contributed by atoms with Crippen molar-refractivity contribution >= 4 is 39.9 Å². The number of anilines is 1. The van der Waals surface area contributed by atoms with E-state index in [-0.39, 0.29) is 42.6 Å². The second-order valence-corrected chi connectivity index (χ2v) is 8.89. The summed E-state index contributed by atoms with van der Waals surface area (Å²) in [5, 5.41) is 13.0. The van der Waals surface area contributed by atoms with Crippen LogP contribution in [0.4, 0.5) is 11.4 Å². The third-order valence-corrected chi connectivity index (χ3v) is 6.54. The van der Waals surface area contributed by atoms with Crippen LogP contribution in [-0.4, -0.2) is 40.6 Å². The van der Waals surface area contributed by atoms with Crippen molar-refractivity contribution in [1.82, 2.24) is 4.90 Å². The Balaban J connectivity index is 1.41. The minimum Gasteiger partial charge on any atom is -0.308 e. The van der Waals surface area contributed by atoms with Gasteiger partial charge in [0, 0.05) is 41.4 Å². The first-order chi connectivity index (χ1) is 17.9. The fourth-order valence-corrected chi connectivity index (χ4v) is 4.70. The van der Waals surface area contributed by atoms with E-state index in [0.717, 1.165) is 10.9 Å². The van der Waals surface area contributed by atoms with Gasteiger partial charge >= 0.3 is 0 Å². The average molecular weight is 494 g/mol. The molecule has 0 N–H and O–H groups in total. The molecule has 0 unspecified atom stereocenters. The maximum Gasteiger partial charge on any atom is 0.282 e. The van der Waals surface area contributed by atoms with E-state index in [4.69, 9.17) is 0 Å². The molecule has 4 aromatic rings. The van der Waals surface area contributed by atoms with Gasteiger partial charge in [0.15, 0.2) is 0 Å². The highest BCUT2D eigenvalue weighted by Crippen LogP contribution is 2.30. The van der Waals surface area contributed by atoms with Crippen LogP contribution in [0.5, 0.6) is 0 Å². The molecule has 0 aliphatic carbocycles. The highest BCUT2D eigenvalue weighted by atomic mass is 16.6. The van der Waals surface area contributed by atoms with Gasteiger partial charge in [-0.25, -0.2) is 0 Å². The number of hydrogen-bond donors (Lipinski definition) is 0. The quantitative estimate of drug-likeness (QED) is 0.195. The molecular formula is C29H23N3O5. The fraction of sp³-hybridized carbons (Fsp3) is 0.138. The summed E-state index contributed by atoms with van der Waals surface area (Å²) in [7, 11) is 0. The van der Waals surface area contributed by atoms with Crippen molar-refractivity contribution in [2.24, 2.45) is 0 Å². The summed E-state index contributed by atoms with van der Waals surface area (Å²) >= 11 is 0.